The molecule has 0 aliphatic rings. The molecule has 1 aromatic carbocycles. The number of nitrogens with one attached hydrogen (secondary N) is 1. The van der Waals surface area contributed by atoms with Gasteiger partial charge in [0, 0.05) is 12.1 Å². The topological polar surface area (TPSA) is 98.3 Å². The fourth-order valence-corrected chi connectivity index (χ4v) is 3.01. The van der Waals surface area contributed by atoms with E-state index in [1.165, 1.54) is 35.8 Å². The molecular weight excluding hydrogens is 362 g/mol. The maximum atomic E-state index is 12.0. The summed E-state index contributed by atoms with van der Waals surface area (Å²) in [6, 6.07) is 5.88. The summed E-state index contributed by atoms with van der Waals surface area (Å²) in [6.07, 6.45) is 1.39. The predicted molar refractivity (Wildman–Crippen MR) is 80.6 cm³/mol. The average molecular weight is 368 g/mol. The number of hydrogen-bond acceptors (Lipinski definition) is 6. The first-order chi connectivity index (χ1) is 10.0. The monoisotopic (exact) mass is 367 g/mol. The summed E-state index contributed by atoms with van der Waals surface area (Å²) in [5, 5.41) is 13.7. The summed E-state index contributed by atoms with van der Waals surface area (Å²) < 4.78 is 5.95. The lowest BCUT2D eigenvalue weighted by Crippen LogP contribution is -2.11. The Morgan fingerprint density at radius 2 is 2.24 bits per heavy atom. The van der Waals surface area contributed by atoms with Crippen LogP contribution in [0.1, 0.15) is 10.4 Å². The number of hydrogen-bond donors (Lipinski definition) is 1. The van der Waals surface area contributed by atoms with E-state index in [2.05, 4.69) is 26.2 Å². The number of carbonyl (C=O) groups excluding carboxylic acids is 1. The Balaban J connectivity index is 1.89. The molecule has 3 rings (SSSR count). The number of nitro benzene ring substituents is 1. The molecule has 0 spiro atoms. The number of halogens is 1. The summed E-state index contributed by atoms with van der Waals surface area (Å²) in [7, 11) is 0. The van der Waals surface area contributed by atoms with Crippen LogP contribution in [0.2, 0.25) is 0 Å². The van der Waals surface area contributed by atoms with Crippen molar-refractivity contribution in [2.75, 3.05) is 5.32 Å². The number of rotatable bonds is 3. The Hall–Kier alpha value is -2.26. The number of benzene rings is 1. The van der Waals surface area contributed by atoms with E-state index in [0.29, 0.717) is 25.6 Å². The van der Waals surface area contributed by atoms with Gasteiger partial charge in [-0.05, 0) is 28.1 Å². The third-order valence-electron chi connectivity index (χ3n) is 2.67. The quantitative estimate of drug-likeness (QED) is 0.560. The molecule has 1 amide bonds. The lowest BCUT2D eigenvalue weighted by molar-refractivity contribution is -0.384. The van der Waals surface area contributed by atoms with Gasteiger partial charge in [0.05, 0.1) is 27.0 Å². The number of non-ortho nitro benzene ring substituents is 1. The molecular formula is C12H6BrN3O4S. The van der Waals surface area contributed by atoms with E-state index in [-0.39, 0.29) is 11.6 Å². The highest BCUT2D eigenvalue weighted by Crippen LogP contribution is 2.29. The van der Waals surface area contributed by atoms with Crippen molar-refractivity contribution in [2.24, 2.45) is 0 Å². The maximum absolute atomic E-state index is 12.0. The van der Waals surface area contributed by atoms with Crippen LogP contribution in [0.4, 0.5) is 10.8 Å². The van der Waals surface area contributed by atoms with E-state index >= 15 is 0 Å². The van der Waals surface area contributed by atoms with Gasteiger partial charge in [-0.15, -0.1) is 0 Å². The van der Waals surface area contributed by atoms with E-state index in [4.69, 9.17) is 4.42 Å². The van der Waals surface area contributed by atoms with Gasteiger partial charge in [-0.1, -0.05) is 11.3 Å². The molecule has 0 aliphatic heterocycles. The summed E-state index contributed by atoms with van der Waals surface area (Å²) >= 11 is 4.29. The number of carbonyl (C=O) groups is 1. The highest BCUT2D eigenvalue weighted by atomic mass is 79.9. The summed E-state index contributed by atoms with van der Waals surface area (Å²) in [5.74, 6) is -0.371. The third kappa shape index (κ3) is 2.65. The van der Waals surface area contributed by atoms with Crippen molar-refractivity contribution >= 4 is 54.2 Å². The number of nitro groups is 1. The van der Waals surface area contributed by atoms with Gasteiger partial charge in [-0.2, -0.15) is 0 Å². The second-order valence-corrected chi connectivity index (χ2v) is 5.74. The standard InChI is InChI=1S/C12H6BrN3O4S/c13-10-7(3-4-20-10)11(17)15-12-14-8-2-1-6(16(18)19)5-9(8)21-12/h1-5H,(H,14,15,17). The lowest BCUT2D eigenvalue weighted by Gasteiger charge is -1.98. The number of nitrogens with zero attached hydrogens (tertiary/aromatic N) is 2. The van der Waals surface area contributed by atoms with E-state index in [0.717, 1.165) is 0 Å². The van der Waals surface area contributed by atoms with Gasteiger partial charge in [0.2, 0.25) is 0 Å². The summed E-state index contributed by atoms with van der Waals surface area (Å²) in [6.45, 7) is 0. The second-order valence-electron chi connectivity index (χ2n) is 3.99. The zero-order chi connectivity index (χ0) is 15.0. The first-order valence-corrected chi connectivity index (χ1v) is 7.25. The molecule has 7 nitrogen and oxygen atoms in total. The molecule has 2 aromatic heterocycles. The number of thiazole rings is 1. The van der Waals surface area contributed by atoms with E-state index in [9.17, 15) is 14.9 Å². The van der Waals surface area contributed by atoms with Crippen molar-refractivity contribution in [1.82, 2.24) is 4.98 Å². The average Bonchev–Trinajstić information content (AvgIpc) is 3.02. The van der Waals surface area contributed by atoms with Crippen LogP contribution >= 0.6 is 27.3 Å². The molecule has 9 heteroatoms. The van der Waals surface area contributed by atoms with Gasteiger partial charge in [0.25, 0.3) is 11.6 Å². The number of amides is 1. The van der Waals surface area contributed by atoms with Gasteiger partial charge in [-0.25, -0.2) is 4.98 Å². The molecule has 0 saturated heterocycles. The normalized spacial score (nSPS) is 10.7. The van der Waals surface area contributed by atoms with Crippen LogP contribution in [-0.4, -0.2) is 15.8 Å². The highest BCUT2D eigenvalue weighted by molar-refractivity contribution is 9.10. The zero-order valence-corrected chi connectivity index (χ0v) is 12.6. The molecule has 106 valence electrons. The summed E-state index contributed by atoms with van der Waals surface area (Å²) in [4.78, 5) is 26.5. The van der Waals surface area contributed by atoms with Crippen molar-refractivity contribution in [3.05, 3.63) is 50.9 Å². The minimum absolute atomic E-state index is 0.0124. The Bertz CT molecular complexity index is 857. The molecule has 0 saturated carbocycles. The molecule has 0 fully saturated rings. The smallest absolute Gasteiger partial charge is 0.270 e. The van der Waals surface area contributed by atoms with Gasteiger partial charge in [-0.3, -0.25) is 20.2 Å². The zero-order valence-electron chi connectivity index (χ0n) is 10.2. The molecule has 0 radical (unpaired) electrons. The molecule has 3 aromatic rings. The van der Waals surface area contributed by atoms with Crippen LogP contribution < -0.4 is 5.32 Å². The van der Waals surface area contributed by atoms with Crippen LogP contribution in [0.25, 0.3) is 10.2 Å². The molecule has 0 unspecified atom stereocenters. The predicted octanol–water partition coefficient (Wildman–Crippen LogP) is 3.81. The van der Waals surface area contributed by atoms with E-state index in [1.807, 2.05) is 0 Å². The van der Waals surface area contributed by atoms with Crippen LogP contribution in [0.3, 0.4) is 0 Å². The Morgan fingerprint density at radius 3 is 2.90 bits per heavy atom. The molecule has 0 atom stereocenters. The van der Waals surface area contributed by atoms with Crippen molar-refractivity contribution < 1.29 is 14.1 Å². The van der Waals surface area contributed by atoms with Crippen LogP contribution in [-0.2, 0) is 0 Å². The molecule has 21 heavy (non-hydrogen) atoms. The summed E-state index contributed by atoms with van der Waals surface area (Å²) in [5.41, 5.74) is 0.925. The second kappa shape index (κ2) is 5.26. The molecule has 0 aliphatic carbocycles. The first kappa shape index (κ1) is 13.7. The fourth-order valence-electron chi connectivity index (χ4n) is 1.70. The van der Waals surface area contributed by atoms with Gasteiger partial charge < -0.3 is 4.42 Å². The molecule has 0 bridgehead atoms. The SMILES string of the molecule is O=C(Nc1nc2ccc([N+](=O)[O-])cc2s1)c1ccoc1Br. The highest BCUT2D eigenvalue weighted by Gasteiger charge is 2.16. The maximum Gasteiger partial charge on any atom is 0.270 e. The Kier molecular flexibility index (Phi) is 3.43. The van der Waals surface area contributed by atoms with Gasteiger partial charge in [0.1, 0.15) is 0 Å². The van der Waals surface area contributed by atoms with Crippen molar-refractivity contribution in [1.29, 1.82) is 0 Å². The van der Waals surface area contributed by atoms with Crippen LogP contribution in [0.15, 0.2) is 39.6 Å². The Labute approximate surface area is 129 Å². The third-order valence-corrected chi connectivity index (χ3v) is 4.21. The largest absolute Gasteiger partial charge is 0.457 e. The number of furan rings is 1. The molecule has 2 heterocycles. The minimum atomic E-state index is -0.472. The van der Waals surface area contributed by atoms with E-state index < -0.39 is 4.92 Å². The fraction of sp³-hybridized carbons (Fsp3) is 0. The van der Waals surface area contributed by atoms with E-state index in [1.54, 1.807) is 6.07 Å². The lowest BCUT2D eigenvalue weighted by atomic mass is 10.3. The van der Waals surface area contributed by atoms with Crippen molar-refractivity contribution in [2.45, 2.75) is 0 Å². The van der Waals surface area contributed by atoms with Crippen LogP contribution in [0.5, 0.6) is 0 Å². The van der Waals surface area contributed by atoms with Crippen LogP contribution in [0, 0.1) is 10.1 Å². The molecule has 1 N–H and O–H groups in total. The first-order valence-electron chi connectivity index (χ1n) is 5.64. The van der Waals surface area contributed by atoms with Gasteiger partial charge >= 0.3 is 0 Å². The van der Waals surface area contributed by atoms with Gasteiger partial charge in [0.15, 0.2) is 9.80 Å². The number of aromatic nitrogens is 1. The number of anilines is 1. The van der Waals surface area contributed by atoms with Crippen molar-refractivity contribution in [3.8, 4) is 0 Å². The van der Waals surface area contributed by atoms with Crippen molar-refractivity contribution in [3.63, 3.8) is 0 Å². The number of fused-ring (bicyclic) bond motifs is 1. The minimum Gasteiger partial charge on any atom is -0.457 e. The Morgan fingerprint density at radius 1 is 1.43 bits per heavy atom.